The molecule has 1 aliphatic carbocycles. The summed E-state index contributed by atoms with van der Waals surface area (Å²) in [5, 5.41) is 6.29. The average Bonchev–Trinajstić information content (AvgIpc) is 2.46. The van der Waals surface area contributed by atoms with Crippen LogP contribution in [0.4, 0.5) is 11.9 Å². The molecule has 1 heterocycles. The van der Waals surface area contributed by atoms with Crippen molar-refractivity contribution in [3.63, 3.8) is 0 Å². The fraction of sp³-hybridized carbons (Fsp3) is 0.786. The van der Waals surface area contributed by atoms with Crippen LogP contribution in [0, 0.1) is 5.41 Å². The molecule has 2 N–H and O–H groups in total. The largest absolute Gasteiger partial charge is 0.464 e. The molecule has 2 rings (SSSR count). The van der Waals surface area contributed by atoms with Gasteiger partial charge in [-0.05, 0) is 20.3 Å². The zero-order chi connectivity index (χ0) is 15.5. The maximum atomic E-state index is 5.74. The fourth-order valence-electron chi connectivity index (χ4n) is 2.50. The highest BCUT2D eigenvalue weighted by molar-refractivity contribution is 5.37. The number of nitrogens with one attached hydrogen (secondary N) is 2. The van der Waals surface area contributed by atoms with Crippen LogP contribution in [0.5, 0.6) is 6.01 Å². The van der Waals surface area contributed by atoms with Gasteiger partial charge in [-0.1, -0.05) is 13.8 Å². The van der Waals surface area contributed by atoms with E-state index in [1.807, 2.05) is 13.8 Å². The molecule has 0 aliphatic heterocycles. The van der Waals surface area contributed by atoms with Crippen molar-refractivity contribution < 1.29 is 9.47 Å². The van der Waals surface area contributed by atoms with Gasteiger partial charge in [0.1, 0.15) is 0 Å². The molecule has 0 aromatic carbocycles. The first-order valence-electron chi connectivity index (χ1n) is 7.46. The van der Waals surface area contributed by atoms with Crippen LogP contribution in [0.1, 0.15) is 34.1 Å². The van der Waals surface area contributed by atoms with Crippen LogP contribution in [0.2, 0.25) is 0 Å². The molecule has 2 unspecified atom stereocenters. The van der Waals surface area contributed by atoms with Crippen molar-refractivity contribution in [2.75, 3.05) is 30.9 Å². The van der Waals surface area contributed by atoms with Crippen LogP contribution >= 0.6 is 0 Å². The highest BCUT2D eigenvalue weighted by atomic mass is 16.5. The quantitative estimate of drug-likeness (QED) is 0.795. The zero-order valence-corrected chi connectivity index (χ0v) is 13.4. The Morgan fingerprint density at radius 3 is 2.43 bits per heavy atom. The maximum absolute atomic E-state index is 5.74. The molecule has 0 spiro atoms. The van der Waals surface area contributed by atoms with Crippen LogP contribution in [-0.4, -0.2) is 47.4 Å². The normalized spacial score (nSPS) is 23.3. The summed E-state index contributed by atoms with van der Waals surface area (Å²) in [6.45, 7) is 9.57. The van der Waals surface area contributed by atoms with Gasteiger partial charge in [0.25, 0.3) is 0 Å². The second-order valence-corrected chi connectivity index (χ2v) is 5.65. The van der Waals surface area contributed by atoms with Crippen LogP contribution in [0.15, 0.2) is 0 Å². The van der Waals surface area contributed by atoms with Crippen LogP contribution < -0.4 is 15.4 Å². The molecular formula is C14H25N5O2. The van der Waals surface area contributed by atoms with Crippen LogP contribution in [-0.2, 0) is 4.74 Å². The van der Waals surface area contributed by atoms with E-state index in [9.17, 15) is 0 Å². The van der Waals surface area contributed by atoms with E-state index < -0.39 is 0 Å². The van der Waals surface area contributed by atoms with Gasteiger partial charge in [-0.15, -0.1) is 0 Å². The Morgan fingerprint density at radius 1 is 1.14 bits per heavy atom. The number of hydrogen-bond acceptors (Lipinski definition) is 7. The predicted molar refractivity (Wildman–Crippen MR) is 81.8 cm³/mol. The first kappa shape index (κ1) is 15.8. The molecular weight excluding hydrogens is 270 g/mol. The van der Waals surface area contributed by atoms with Gasteiger partial charge < -0.3 is 20.1 Å². The van der Waals surface area contributed by atoms with Gasteiger partial charge in [-0.2, -0.15) is 15.0 Å². The van der Waals surface area contributed by atoms with Gasteiger partial charge in [0.2, 0.25) is 11.9 Å². The van der Waals surface area contributed by atoms with Gasteiger partial charge in [0.15, 0.2) is 0 Å². The Bertz CT molecular complexity index is 480. The molecule has 0 bridgehead atoms. The number of rotatable bonds is 7. The number of aromatic nitrogens is 3. The van der Waals surface area contributed by atoms with Gasteiger partial charge in [0, 0.05) is 25.1 Å². The lowest BCUT2D eigenvalue weighted by Crippen LogP contribution is -2.58. The van der Waals surface area contributed by atoms with E-state index >= 15 is 0 Å². The van der Waals surface area contributed by atoms with Crippen LogP contribution in [0.3, 0.4) is 0 Å². The monoisotopic (exact) mass is 295 g/mol. The number of anilines is 2. The molecule has 1 saturated carbocycles. The van der Waals surface area contributed by atoms with E-state index in [2.05, 4.69) is 39.4 Å². The molecule has 7 nitrogen and oxygen atoms in total. The fourth-order valence-corrected chi connectivity index (χ4v) is 2.50. The van der Waals surface area contributed by atoms with Crippen molar-refractivity contribution in [2.45, 2.75) is 46.3 Å². The summed E-state index contributed by atoms with van der Waals surface area (Å²) in [6, 6.07) is 0.605. The van der Waals surface area contributed by atoms with Gasteiger partial charge in [-0.25, -0.2) is 0 Å². The van der Waals surface area contributed by atoms with Crippen molar-refractivity contribution in [3.05, 3.63) is 0 Å². The second kappa shape index (κ2) is 6.43. The summed E-state index contributed by atoms with van der Waals surface area (Å²) in [6.07, 6.45) is 1.22. The Balaban J connectivity index is 2.08. The van der Waals surface area contributed by atoms with Crippen molar-refractivity contribution >= 4 is 11.9 Å². The Labute approximate surface area is 125 Å². The molecule has 2 atom stereocenters. The Kier molecular flexibility index (Phi) is 4.82. The molecule has 1 aromatic rings. The van der Waals surface area contributed by atoms with E-state index in [0.717, 1.165) is 13.0 Å². The standard InChI is InChI=1S/C14H25N5O2/c1-6-20-10-8-9(14(10,3)4)16-12-17-11(15-5)18-13(19-12)21-7-2/h9-10H,6-8H2,1-5H3,(H2,15,16,17,18,19). The molecule has 1 aliphatic rings. The number of hydrogen-bond donors (Lipinski definition) is 2. The molecule has 21 heavy (non-hydrogen) atoms. The minimum Gasteiger partial charge on any atom is -0.464 e. The lowest BCUT2D eigenvalue weighted by Gasteiger charge is -2.51. The maximum Gasteiger partial charge on any atom is 0.323 e. The molecule has 7 heteroatoms. The van der Waals surface area contributed by atoms with Gasteiger partial charge >= 0.3 is 6.01 Å². The number of ether oxygens (including phenoxy) is 2. The third-order valence-electron chi connectivity index (χ3n) is 3.96. The summed E-state index contributed by atoms with van der Waals surface area (Å²) in [7, 11) is 1.77. The zero-order valence-electron chi connectivity index (χ0n) is 13.4. The van der Waals surface area contributed by atoms with Crippen molar-refractivity contribution in [1.82, 2.24) is 15.0 Å². The molecule has 118 valence electrons. The third kappa shape index (κ3) is 3.34. The molecule has 0 saturated heterocycles. The SMILES string of the molecule is CCOc1nc(NC)nc(NC2CC(OCC)C2(C)C)n1. The second-order valence-electron chi connectivity index (χ2n) is 5.65. The smallest absolute Gasteiger partial charge is 0.323 e. The minimum atomic E-state index is 0.0498. The number of nitrogens with zero attached hydrogens (tertiary/aromatic N) is 3. The van der Waals surface area contributed by atoms with E-state index in [0.29, 0.717) is 24.5 Å². The van der Waals surface area contributed by atoms with Gasteiger partial charge in [0.05, 0.1) is 12.7 Å². The molecule has 1 aromatic heterocycles. The molecule has 1 fully saturated rings. The Hall–Kier alpha value is -1.63. The third-order valence-corrected chi connectivity index (χ3v) is 3.96. The molecule has 0 amide bonds. The first-order chi connectivity index (χ1) is 10.0. The van der Waals surface area contributed by atoms with Crippen molar-refractivity contribution in [3.8, 4) is 6.01 Å². The predicted octanol–water partition coefficient (Wildman–Crippen LogP) is 1.93. The summed E-state index contributed by atoms with van der Waals surface area (Å²) in [4.78, 5) is 12.8. The first-order valence-corrected chi connectivity index (χ1v) is 7.46. The highest BCUT2D eigenvalue weighted by Gasteiger charge is 2.49. The summed E-state index contributed by atoms with van der Waals surface area (Å²) < 4.78 is 11.1. The van der Waals surface area contributed by atoms with Crippen molar-refractivity contribution in [1.29, 1.82) is 0 Å². The summed E-state index contributed by atoms with van der Waals surface area (Å²) in [5.74, 6) is 1.03. The summed E-state index contributed by atoms with van der Waals surface area (Å²) in [5.41, 5.74) is 0.0498. The van der Waals surface area contributed by atoms with E-state index in [4.69, 9.17) is 9.47 Å². The van der Waals surface area contributed by atoms with E-state index in [1.165, 1.54) is 0 Å². The highest BCUT2D eigenvalue weighted by Crippen LogP contribution is 2.44. The lowest BCUT2D eigenvalue weighted by molar-refractivity contribution is -0.0977. The average molecular weight is 295 g/mol. The lowest BCUT2D eigenvalue weighted by atomic mass is 9.64. The summed E-state index contributed by atoms with van der Waals surface area (Å²) >= 11 is 0. The Morgan fingerprint density at radius 2 is 1.86 bits per heavy atom. The molecule has 0 radical (unpaired) electrons. The van der Waals surface area contributed by atoms with E-state index in [1.54, 1.807) is 7.05 Å². The topological polar surface area (TPSA) is 81.2 Å². The minimum absolute atomic E-state index is 0.0498. The van der Waals surface area contributed by atoms with E-state index in [-0.39, 0.29) is 17.6 Å². The van der Waals surface area contributed by atoms with Crippen molar-refractivity contribution in [2.24, 2.45) is 5.41 Å². The van der Waals surface area contributed by atoms with Crippen LogP contribution in [0.25, 0.3) is 0 Å². The van der Waals surface area contributed by atoms with Gasteiger partial charge in [-0.3, -0.25) is 0 Å².